The Bertz CT molecular complexity index is 862. The first kappa shape index (κ1) is 18.8. The molecule has 29 heavy (non-hydrogen) atoms. The van der Waals surface area contributed by atoms with Gasteiger partial charge in [-0.05, 0) is 68.0 Å². The number of hydrogen-bond acceptors (Lipinski definition) is 0. The molecule has 3 aromatic rings. The van der Waals surface area contributed by atoms with Crippen molar-refractivity contribution in [1.29, 1.82) is 0 Å². The Morgan fingerprint density at radius 1 is 0.621 bits per heavy atom. The highest BCUT2D eigenvalue weighted by atomic mass is 31.2. The molecule has 0 aliphatic heterocycles. The quantitative estimate of drug-likeness (QED) is 0.360. The SMILES string of the molecule is C1=C2CCCCC2CC([P+](c2ccccc2)(c2ccccc2)c2ccccc2)C1. The van der Waals surface area contributed by atoms with E-state index < -0.39 is 7.26 Å². The van der Waals surface area contributed by atoms with Gasteiger partial charge in [0.15, 0.2) is 0 Å². The zero-order valence-corrected chi connectivity index (χ0v) is 18.0. The van der Waals surface area contributed by atoms with Crippen LogP contribution in [0.4, 0.5) is 0 Å². The molecule has 0 saturated heterocycles. The van der Waals surface area contributed by atoms with E-state index in [4.69, 9.17) is 0 Å². The van der Waals surface area contributed by atoms with E-state index in [1.54, 1.807) is 5.57 Å². The van der Waals surface area contributed by atoms with Crippen LogP contribution in [-0.4, -0.2) is 5.66 Å². The summed E-state index contributed by atoms with van der Waals surface area (Å²) in [4.78, 5) is 0. The topological polar surface area (TPSA) is 0 Å². The van der Waals surface area contributed by atoms with Gasteiger partial charge in [0.1, 0.15) is 23.2 Å². The van der Waals surface area contributed by atoms with Crippen molar-refractivity contribution in [3.8, 4) is 0 Å². The lowest BCUT2D eigenvalue weighted by molar-refractivity contribution is 0.405. The third-order valence-corrected chi connectivity index (χ3v) is 11.9. The second kappa shape index (κ2) is 8.29. The fourth-order valence-corrected chi connectivity index (χ4v) is 10.8. The van der Waals surface area contributed by atoms with Gasteiger partial charge in [-0.2, -0.15) is 0 Å². The summed E-state index contributed by atoms with van der Waals surface area (Å²) in [5, 5.41) is 4.61. The predicted molar refractivity (Wildman–Crippen MR) is 128 cm³/mol. The van der Waals surface area contributed by atoms with Gasteiger partial charge >= 0.3 is 0 Å². The zero-order chi connectivity index (χ0) is 19.5. The van der Waals surface area contributed by atoms with Crippen molar-refractivity contribution >= 4 is 23.2 Å². The van der Waals surface area contributed by atoms with Crippen LogP contribution >= 0.6 is 7.26 Å². The zero-order valence-electron chi connectivity index (χ0n) is 17.1. The average Bonchev–Trinajstić information content (AvgIpc) is 2.82. The first-order valence-corrected chi connectivity index (χ1v) is 13.0. The van der Waals surface area contributed by atoms with E-state index >= 15 is 0 Å². The molecule has 0 aromatic heterocycles. The molecule has 2 aliphatic carbocycles. The van der Waals surface area contributed by atoms with Crippen LogP contribution in [0, 0.1) is 5.92 Å². The van der Waals surface area contributed by atoms with E-state index in [0.717, 1.165) is 5.92 Å². The van der Waals surface area contributed by atoms with Crippen molar-refractivity contribution in [2.45, 2.75) is 44.2 Å². The molecule has 0 spiro atoms. The minimum absolute atomic E-state index is 0.682. The van der Waals surface area contributed by atoms with E-state index in [9.17, 15) is 0 Å². The molecule has 2 unspecified atom stereocenters. The van der Waals surface area contributed by atoms with Gasteiger partial charge in [-0.3, -0.25) is 0 Å². The number of allylic oxidation sites excluding steroid dienone is 2. The number of fused-ring (bicyclic) bond motifs is 1. The molecule has 0 bridgehead atoms. The van der Waals surface area contributed by atoms with E-state index in [-0.39, 0.29) is 0 Å². The van der Waals surface area contributed by atoms with Crippen LogP contribution in [0.2, 0.25) is 0 Å². The second-order valence-corrected chi connectivity index (χ2v) is 12.3. The Kier molecular flexibility index (Phi) is 5.38. The standard InChI is InChI=1S/C28H30P/c1-4-14-25(15-5-1)29(26-16-6-2-7-17-26,27-18-8-3-9-19-27)28-21-20-23-12-10-11-13-24(23)22-28/h1-9,14-20,24,28H,10-13,21-22H2/q+1. The molecule has 2 aliphatic rings. The van der Waals surface area contributed by atoms with Crippen molar-refractivity contribution in [3.63, 3.8) is 0 Å². The summed E-state index contributed by atoms with van der Waals surface area (Å²) in [6.45, 7) is 0. The lowest BCUT2D eigenvalue weighted by atomic mass is 9.77. The Morgan fingerprint density at radius 2 is 1.14 bits per heavy atom. The lowest BCUT2D eigenvalue weighted by Crippen LogP contribution is -2.41. The van der Waals surface area contributed by atoms with E-state index in [2.05, 4.69) is 97.1 Å². The molecule has 0 nitrogen and oxygen atoms in total. The van der Waals surface area contributed by atoms with Gasteiger partial charge in [-0.1, -0.05) is 72.7 Å². The normalized spacial score (nSPS) is 21.9. The van der Waals surface area contributed by atoms with Crippen molar-refractivity contribution < 1.29 is 0 Å². The third kappa shape index (κ3) is 3.38. The Morgan fingerprint density at radius 3 is 1.66 bits per heavy atom. The lowest BCUT2D eigenvalue weighted by Gasteiger charge is -2.40. The van der Waals surface area contributed by atoms with E-state index in [0.29, 0.717) is 5.66 Å². The smallest absolute Gasteiger partial charge is 0.0811 e. The van der Waals surface area contributed by atoms with E-state index in [1.165, 1.54) is 54.4 Å². The van der Waals surface area contributed by atoms with Crippen molar-refractivity contribution in [1.82, 2.24) is 0 Å². The van der Waals surface area contributed by atoms with Crippen LogP contribution in [0.25, 0.3) is 0 Å². The molecular weight excluding hydrogens is 367 g/mol. The highest BCUT2D eigenvalue weighted by Crippen LogP contribution is 2.64. The van der Waals surface area contributed by atoms with Crippen LogP contribution in [0.5, 0.6) is 0 Å². The molecule has 0 amide bonds. The molecule has 0 heterocycles. The maximum absolute atomic E-state index is 2.64. The van der Waals surface area contributed by atoms with Gasteiger partial charge in [-0.15, -0.1) is 0 Å². The van der Waals surface area contributed by atoms with Crippen LogP contribution in [0.15, 0.2) is 103 Å². The van der Waals surface area contributed by atoms with Gasteiger partial charge in [-0.25, -0.2) is 0 Å². The van der Waals surface area contributed by atoms with Gasteiger partial charge in [0.2, 0.25) is 0 Å². The molecule has 1 heteroatoms. The molecule has 3 aromatic carbocycles. The highest BCUT2D eigenvalue weighted by Gasteiger charge is 2.53. The monoisotopic (exact) mass is 397 g/mol. The van der Waals surface area contributed by atoms with Crippen LogP contribution < -0.4 is 15.9 Å². The van der Waals surface area contributed by atoms with Crippen LogP contribution in [-0.2, 0) is 0 Å². The highest BCUT2D eigenvalue weighted by molar-refractivity contribution is 7.96. The summed E-state index contributed by atoms with van der Waals surface area (Å²) < 4.78 is 0. The molecule has 146 valence electrons. The van der Waals surface area contributed by atoms with Crippen LogP contribution in [0.3, 0.4) is 0 Å². The van der Waals surface area contributed by atoms with Gasteiger partial charge in [0, 0.05) is 6.42 Å². The van der Waals surface area contributed by atoms with Gasteiger partial charge in [0.25, 0.3) is 0 Å². The minimum atomic E-state index is -1.74. The Labute approximate surface area is 176 Å². The fourth-order valence-electron chi connectivity index (χ4n) is 5.74. The van der Waals surface area contributed by atoms with Crippen molar-refractivity contribution in [2.75, 3.05) is 0 Å². The van der Waals surface area contributed by atoms with Crippen LogP contribution in [0.1, 0.15) is 38.5 Å². The fraction of sp³-hybridized carbons (Fsp3) is 0.286. The molecule has 5 rings (SSSR count). The first-order valence-electron chi connectivity index (χ1n) is 11.1. The predicted octanol–water partition coefficient (Wildman–Crippen LogP) is 6.26. The average molecular weight is 398 g/mol. The molecule has 1 fully saturated rings. The summed E-state index contributed by atoms with van der Waals surface area (Å²) >= 11 is 0. The minimum Gasteiger partial charge on any atom is -0.0811 e. The number of rotatable bonds is 4. The third-order valence-electron chi connectivity index (χ3n) is 7.04. The number of benzene rings is 3. The van der Waals surface area contributed by atoms with Gasteiger partial charge in [0.05, 0.1) is 5.66 Å². The molecule has 1 saturated carbocycles. The molecule has 2 atom stereocenters. The maximum Gasteiger partial charge on any atom is 0.115 e. The number of hydrogen-bond donors (Lipinski definition) is 0. The van der Waals surface area contributed by atoms with Gasteiger partial charge < -0.3 is 0 Å². The summed E-state index contributed by atoms with van der Waals surface area (Å²) in [7, 11) is -1.74. The summed E-state index contributed by atoms with van der Waals surface area (Å²) in [6.07, 6.45) is 10.7. The van der Waals surface area contributed by atoms with Crippen molar-refractivity contribution in [2.24, 2.45) is 5.92 Å². The Hall–Kier alpha value is -2.17. The first-order chi connectivity index (χ1) is 14.4. The van der Waals surface area contributed by atoms with E-state index in [1.807, 2.05) is 0 Å². The maximum atomic E-state index is 2.64. The summed E-state index contributed by atoms with van der Waals surface area (Å²) in [6, 6.07) is 34.3. The summed E-state index contributed by atoms with van der Waals surface area (Å²) in [5.41, 5.74) is 2.45. The summed E-state index contributed by atoms with van der Waals surface area (Å²) in [5.74, 6) is 0.804. The molecule has 0 N–H and O–H groups in total. The molecular formula is C28H30P+. The van der Waals surface area contributed by atoms with Crippen molar-refractivity contribution in [3.05, 3.63) is 103 Å². The largest absolute Gasteiger partial charge is 0.115 e. The molecule has 0 radical (unpaired) electrons. The Balaban J connectivity index is 1.73. The second-order valence-electron chi connectivity index (χ2n) is 8.58.